The summed E-state index contributed by atoms with van der Waals surface area (Å²) in [6, 6.07) is 12.3. The first kappa shape index (κ1) is 27.2. The zero-order valence-electron chi connectivity index (χ0n) is 21.2. The van der Waals surface area contributed by atoms with Crippen LogP contribution in [-0.4, -0.2) is 24.8 Å². The molecule has 4 nitrogen and oxygen atoms in total. The zero-order chi connectivity index (χ0) is 25.3. The number of aryl methyl sites for hydroxylation is 1. The third-order valence-electron chi connectivity index (χ3n) is 5.71. The predicted molar refractivity (Wildman–Crippen MR) is 136 cm³/mol. The lowest BCUT2D eigenvalue weighted by molar-refractivity contribution is -0.136. The van der Waals surface area contributed by atoms with E-state index in [-0.39, 0.29) is 17.7 Å². The number of hydrogen-bond donors (Lipinski definition) is 1. The highest BCUT2D eigenvalue weighted by molar-refractivity contribution is 5.80. The number of rotatable bonds is 8. The normalized spacial score (nSPS) is 13.6. The lowest BCUT2D eigenvalue weighted by atomic mass is 9.75. The number of allylic oxidation sites excluding steroid dienone is 3. The Kier molecular flexibility index (Phi) is 9.91. The predicted octanol–water partition coefficient (Wildman–Crippen LogP) is 7.48. The van der Waals surface area contributed by atoms with Crippen LogP contribution in [0.15, 0.2) is 59.7 Å². The molecule has 0 saturated carbocycles. The summed E-state index contributed by atoms with van der Waals surface area (Å²) in [4.78, 5) is 10.7. The topological polar surface area (TPSA) is 55.8 Å². The van der Waals surface area contributed by atoms with Crippen molar-refractivity contribution in [2.45, 2.75) is 60.3 Å². The van der Waals surface area contributed by atoms with Gasteiger partial charge in [-0.05, 0) is 71.7 Å². The van der Waals surface area contributed by atoms with Crippen LogP contribution in [0.3, 0.4) is 0 Å². The molecule has 2 aromatic rings. The molecule has 0 spiro atoms. The molecule has 0 fully saturated rings. The molecule has 0 aliphatic heterocycles. The number of methoxy groups -OCH3 is 1. The van der Waals surface area contributed by atoms with Crippen molar-refractivity contribution in [2.75, 3.05) is 13.7 Å². The van der Waals surface area contributed by atoms with Gasteiger partial charge in [-0.2, -0.15) is 0 Å². The summed E-state index contributed by atoms with van der Waals surface area (Å²) in [5, 5.41) is 8.81. The van der Waals surface area contributed by atoms with Gasteiger partial charge in [-0.1, -0.05) is 58.4 Å². The van der Waals surface area contributed by atoms with Crippen molar-refractivity contribution < 1.29 is 23.8 Å². The van der Waals surface area contributed by atoms with E-state index in [0.29, 0.717) is 24.3 Å². The Balaban J connectivity index is 0.00000199. The van der Waals surface area contributed by atoms with Gasteiger partial charge in [0.15, 0.2) is 0 Å². The SMILES string of the molecule is CC.COc1ccc(F)c(C2=C(C(C)(C)C)CCC(COc3ccc(CCC(=O)O)cc3)=C2)c1. The van der Waals surface area contributed by atoms with E-state index in [1.807, 2.05) is 38.1 Å². The summed E-state index contributed by atoms with van der Waals surface area (Å²) < 4.78 is 26.1. The van der Waals surface area contributed by atoms with Gasteiger partial charge in [0.2, 0.25) is 0 Å². The Labute approximate surface area is 203 Å². The minimum absolute atomic E-state index is 0.0838. The highest BCUT2D eigenvalue weighted by atomic mass is 19.1. The molecule has 0 amide bonds. The van der Waals surface area contributed by atoms with Crippen LogP contribution in [0.4, 0.5) is 4.39 Å². The average Bonchev–Trinajstić information content (AvgIpc) is 2.83. The van der Waals surface area contributed by atoms with E-state index < -0.39 is 5.97 Å². The van der Waals surface area contributed by atoms with Crippen LogP contribution in [0.5, 0.6) is 11.5 Å². The van der Waals surface area contributed by atoms with Crippen LogP contribution in [0, 0.1) is 11.2 Å². The van der Waals surface area contributed by atoms with Crippen molar-refractivity contribution in [1.29, 1.82) is 0 Å². The molecule has 0 radical (unpaired) electrons. The van der Waals surface area contributed by atoms with Crippen LogP contribution in [0.1, 0.15) is 65.0 Å². The highest BCUT2D eigenvalue weighted by Crippen LogP contribution is 2.42. The number of hydrogen-bond acceptors (Lipinski definition) is 3. The van der Waals surface area contributed by atoms with Gasteiger partial charge in [-0.25, -0.2) is 4.39 Å². The van der Waals surface area contributed by atoms with Crippen molar-refractivity contribution >= 4 is 11.5 Å². The van der Waals surface area contributed by atoms with Gasteiger partial charge in [0.05, 0.1) is 7.11 Å². The molecule has 1 N–H and O–H groups in total. The average molecular weight is 469 g/mol. The van der Waals surface area contributed by atoms with E-state index in [0.717, 1.165) is 35.3 Å². The summed E-state index contributed by atoms with van der Waals surface area (Å²) in [5.74, 6) is 0.282. The number of halogens is 1. The minimum atomic E-state index is -0.805. The largest absolute Gasteiger partial charge is 0.497 e. The standard InChI is InChI=1S/C27H31FO4.C2H6/c1-27(2,3)24-12-7-19(15-22(24)23-16-21(31-4)11-13-25(23)28)17-32-20-9-5-18(6-10-20)8-14-26(29)30;1-2/h5-6,9-11,13,15-16H,7-8,12,14,17H2,1-4H3,(H,29,30);1-2H3. The fourth-order valence-electron chi connectivity index (χ4n) is 3.93. The maximum Gasteiger partial charge on any atom is 0.303 e. The van der Waals surface area contributed by atoms with Crippen LogP contribution in [0.25, 0.3) is 5.57 Å². The molecule has 0 unspecified atom stereocenters. The number of benzene rings is 2. The van der Waals surface area contributed by atoms with Crippen molar-refractivity contribution in [3.05, 3.63) is 76.6 Å². The summed E-state index contributed by atoms with van der Waals surface area (Å²) >= 11 is 0. The van der Waals surface area contributed by atoms with Gasteiger partial charge in [0.1, 0.15) is 23.9 Å². The molecule has 0 bridgehead atoms. The Morgan fingerprint density at radius 2 is 1.68 bits per heavy atom. The first-order chi connectivity index (χ1) is 16.2. The van der Waals surface area contributed by atoms with Gasteiger partial charge in [0.25, 0.3) is 0 Å². The number of aliphatic carboxylic acids is 1. The zero-order valence-corrected chi connectivity index (χ0v) is 21.2. The smallest absolute Gasteiger partial charge is 0.303 e. The first-order valence-electron chi connectivity index (χ1n) is 11.9. The molecule has 0 atom stereocenters. The Hall–Kier alpha value is -3.08. The summed E-state index contributed by atoms with van der Waals surface area (Å²) in [6.45, 7) is 10.9. The fourth-order valence-corrected chi connectivity index (χ4v) is 3.93. The van der Waals surface area contributed by atoms with E-state index in [2.05, 4.69) is 26.8 Å². The maximum atomic E-state index is 14.8. The van der Waals surface area contributed by atoms with E-state index in [4.69, 9.17) is 14.6 Å². The molecule has 0 heterocycles. The fraction of sp³-hybridized carbons (Fsp3) is 0.414. The molecule has 1 aliphatic rings. The molecule has 1 aliphatic carbocycles. The van der Waals surface area contributed by atoms with Gasteiger partial charge < -0.3 is 14.6 Å². The Morgan fingerprint density at radius 3 is 2.26 bits per heavy atom. The quantitative estimate of drug-likeness (QED) is 0.436. The van der Waals surface area contributed by atoms with Gasteiger partial charge >= 0.3 is 5.97 Å². The molecular formula is C29H37FO4. The second-order valence-electron chi connectivity index (χ2n) is 9.12. The summed E-state index contributed by atoms with van der Waals surface area (Å²) in [5.41, 5.74) is 4.66. The van der Waals surface area contributed by atoms with Gasteiger partial charge in [0, 0.05) is 12.0 Å². The highest BCUT2D eigenvalue weighted by Gasteiger charge is 2.26. The van der Waals surface area contributed by atoms with Crippen molar-refractivity contribution in [3.63, 3.8) is 0 Å². The number of ether oxygens (including phenoxy) is 2. The molecule has 3 rings (SSSR count). The second kappa shape index (κ2) is 12.4. The molecule has 2 aromatic carbocycles. The summed E-state index contributed by atoms with van der Waals surface area (Å²) in [6.07, 6.45) is 4.37. The maximum absolute atomic E-state index is 14.8. The van der Waals surface area contributed by atoms with Crippen LogP contribution >= 0.6 is 0 Å². The van der Waals surface area contributed by atoms with Crippen molar-refractivity contribution in [3.8, 4) is 11.5 Å². The van der Waals surface area contributed by atoms with Crippen molar-refractivity contribution in [1.82, 2.24) is 0 Å². The summed E-state index contributed by atoms with van der Waals surface area (Å²) in [7, 11) is 1.58. The number of carboxylic acid groups (broad SMARTS) is 1. The monoisotopic (exact) mass is 468 g/mol. The van der Waals surface area contributed by atoms with Crippen LogP contribution in [-0.2, 0) is 11.2 Å². The Bertz CT molecular complexity index is 1030. The Morgan fingerprint density at radius 1 is 1.03 bits per heavy atom. The van der Waals surface area contributed by atoms with E-state index in [1.54, 1.807) is 19.2 Å². The van der Waals surface area contributed by atoms with E-state index in [1.165, 1.54) is 11.6 Å². The van der Waals surface area contributed by atoms with E-state index in [9.17, 15) is 9.18 Å². The minimum Gasteiger partial charge on any atom is -0.497 e. The van der Waals surface area contributed by atoms with Gasteiger partial charge in [-0.3, -0.25) is 4.79 Å². The molecule has 184 valence electrons. The second-order valence-corrected chi connectivity index (χ2v) is 9.12. The first-order valence-corrected chi connectivity index (χ1v) is 11.9. The number of carbonyl (C=O) groups is 1. The third kappa shape index (κ3) is 7.47. The lowest BCUT2D eigenvalue weighted by Crippen LogP contribution is -2.16. The molecule has 34 heavy (non-hydrogen) atoms. The van der Waals surface area contributed by atoms with Crippen LogP contribution in [0.2, 0.25) is 0 Å². The molecule has 5 heteroatoms. The molecule has 0 aromatic heterocycles. The van der Waals surface area contributed by atoms with E-state index >= 15 is 0 Å². The third-order valence-corrected chi connectivity index (χ3v) is 5.71. The van der Waals surface area contributed by atoms with Crippen LogP contribution < -0.4 is 9.47 Å². The number of carboxylic acids is 1. The molecule has 0 saturated heterocycles. The van der Waals surface area contributed by atoms with Crippen molar-refractivity contribution in [2.24, 2.45) is 5.41 Å². The molecular weight excluding hydrogens is 431 g/mol. The lowest BCUT2D eigenvalue weighted by Gasteiger charge is -2.30. The van der Waals surface area contributed by atoms with Gasteiger partial charge in [-0.15, -0.1) is 0 Å².